The Balaban J connectivity index is 3.95. The standard InChI is InChI=1S/C6H8N2O2/c1-2-6(10)8(5-9)4-3-7/h5H,2,4H2,1H3. The predicted octanol–water partition coefficient (Wildman–Crippen LogP) is -0.0950. The summed E-state index contributed by atoms with van der Waals surface area (Å²) in [6, 6.07) is 1.71. The summed E-state index contributed by atoms with van der Waals surface area (Å²) in [7, 11) is 0. The van der Waals surface area contributed by atoms with Crippen LogP contribution in [-0.2, 0) is 9.59 Å². The molecule has 0 N–H and O–H groups in total. The van der Waals surface area contributed by atoms with Crippen LogP contribution in [0.25, 0.3) is 0 Å². The van der Waals surface area contributed by atoms with Gasteiger partial charge in [0.15, 0.2) is 0 Å². The zero-order valence-corrected chi connectivity index (χ0v) is 5.70. The molecule has 0 aromatic rings. The third-order valence-electron chi connectivity index (χ3n) is 0.991. The molecular formula is C6H8N2O2. The lowest BCUT2D eigenvalue weighted by molar-refractivity contribution is -0.137. The highest BCUT2D eigenvalue weighted by Crippen LogP contribution is 1.87. The van der Waals surface area contributed by atoms with Gasteiger partial charge in [-0.15, -0.1) is 0 Å². The monoisotopic (exact) mass is 140 g/mol. The number of imide groups is 1. The normalized spacial score (nSPS) is 8.00. The van der Waals surface area contributed by atoms with E-state index in [9.17, 15) is 9.59 Å². The number of hydrogen-bond donors (Lipinski definition) is 0. The van der Waals surface area contributed by atoms with E-state index in [0.29, 0.717) is 6.41 Å². The molecule has 0 aliphatic heterocycles. The minimum atomic E-state index is -0.323. The number of carbonyl (C=O) groups is 2. The van der Waals surface area contributed by atoms with Crippen molar-refractivity contribution >= 4 is 12.3 Å². The van der Waals surface area contributed by atoms with Crippen molar-refractivity contribution < 1.29 is 9.59 Å². The molecule has 54 valence electrons. The highest BCUT2D eigenvalue weighted by molar-refractivity contribution is 5.86. The van der Waals surface area contributed by atoms with Gasteiger partial charge in [-0.1, -0.05) is 6.92 Å². The fourth-order valence-electron chi connectivity index (χ4n) is 0.463. The zero-order chi connectivity index (χ0) is 7.98. The van der Waals surface area contributed by atoms with Crippen molar-refractivity contribution in [3.05, 3.63) is 0 Å². The Morgan fingerprint density at radius 3 is 2.70 bits per heavy atom. The molecule has 0 aromatic carbocycles. The molecule has 0 aliphatic rings. The van der Waals surface area contributed by atoms with Gasteiger partial charge in [-0.3, -0.25) is 14.5 Å². The number of nitriles is 1. The molecule has 10 heavy (non-hydrogen) atoms. The molecule has 0 spiro atoms. The summed E-state index contributed by atoms with van der Waals surface area (Å²) in [5, 5.41) is 8.11. The van der Waals surface area contributed by atoms with Crippen LogP contribution in [0.15, 0.2) is 0 Å². The summed E-state index contributed by atoms with van der Waals surface area (Å²) in [5.41, 5.74) is 0. The van der Waals surface area contributed by atoms with Crippen LogP contribution >= 0.6 is 0 Å². The summed E-state index contributed by atoms with van der Waals surface area (Å²) >= 11 is 0. The first-order valence-electron chi connectivity index (χ1n) is 2.88. The van der Waals surface area contributed by atoms with Crippen LogP contribution in [0, 0.1) is 11.3 Å². The van der Waals surface area contributed by atoms with E-state index in [-0.39, 0.29) is 18.9 Å². The van der Waals surface area contributed by atoms with Crippen molar-refractivity contribution in [3.63, 3.8) is 0 Å². The second-order valence-electron chi connectivity index (χ2n) is 1.64. The van der Waals surface area contributed by atoms with Crippen LogP contribution in [0.5, 0.6) is 0 Å². The molecule has 0 saturated carbocycles. The Morgan fingerprint density at radius 1 is 1.80 bits per heavy atom. The Bertz CT molecular complexity index is 171. The van der Waals surface area contributed by atoms with Gasteiger partial charge in [-0.05, 0) is 0 Å². The highest BCUT2D eigenvalue weighted by atomic mass is 16.2. The minimum Gasteiger partial charge on any atom is -0.278 e. The van der Waals surface area contributed by atoms with Crippen molar-refractivity contribution in [2.45, 2.75) is 13.3 Å². The highest BCUT2D eigenvalue weighted by Gasteiger charge is 2.07. The van der Waals surface area contributed by atoms with Gasteiger partial charge in [-0.25, -0.2) is 0 Å². The average Bonchev–Trinajstić information content (AvgIpc) is 1.99. The van der Waals surface area contributed by atoms with Gasteiger partial charge in [0.25, 0.3) is 0 Å². The fraction of sp³-hybridized carbons (Fsp3) is 0.500. The molecular weight excluding hydrogens is 132 g/mol. The molecule has 0 unspecified atom stereocenters. The summed E-state index contributed by atoms with van der Waals surface area (Å²) in [6.45, 7) is 1.48. The maximum Gasteiger partial charge on any atom is 0.229 e. The molecule has 0 rings (SSSR count). The first-order chi connectivity index (χ1) is 4.76. The van der Waals surface area contributed by atoms with Gasteiger partial charge in [0.05, 0.1) is 6.07 Å². The van der Waals surface area contributed by atoms with E-state index in [2.05, 4.69) is 0 Å². The Morgan fingerprint density at radius 2 is 2.40 bits per heavy atom. The summed E-state index contributed by atoms with van der Waals surface area (Å²) < 4.78 is 0. The van der Waals surface area contributed by atoms with Crippen LogP contribution in [0.2, 0.25) is 0 Å². The van der Waals surface area contributed by atoms with Crippen molar-refractivity contribution in [2.75, 3.05) is 6.54 Å². The van der Waals surface area contributed by atoms with E-state index in [4.69, 9.17) is 5.26 Å². The Hall–Kier alpha value is -1.37. The topological polar surface area (TPSA) is 61.2 Å². The molecule has 4 heteroatoms. The fourth-order valence-corrected chi connectivity index (χ4v) is 0.463. The van der Waals surface area contributed by atoms with Gasteiger partial charge in [-0.2, -0.15) is 5.26 Å². The van der Waals surface area contributed by atoms with Crippen LogP contribution in [0.1, 0.15) is 13.3 Å². The molecule has 0 radical (unpaired) electrons. The zero-order valence-electron chi connectivity index (χ0n) is 5.70. The minimum absolute atomic E-state index is 0.157. The smallest absolute Gasteiger partial charge is 0.229 e. The molecule has 0 aromatic heterocycles. The van der Waals surface area contributed by atoms with Gasteiger partial charge in [0.1, 0.15) is 6.54 Å². The molecule has 2 amide bonds. The molecule has 0 aliphatic carbocycles. The van der Waals surface area contributed by atoms with Crippen LogP contribution < -0.4 is 0 Å². The Kier molecular flexibility index (Phi) is 3.89. The second kappa shape index (κ2) is 4.50. The van der Waals surface area contributed by atoms with Crippen LogP contribution in [0.4, 0.5) is 0 Å². The van der Waals surface area contributed by atoms with Crippen LogP contribution in [0.3, 0.4) is 0 Å². The summed E-state index contributed by atoms with van der Waals surface area (Å²) in [6.07, 6.45) is 0.621. The molecule has 0 bridgehead atoms. The summed E-state index contributed by atoms with van der Waals surface area (Å²) in [4.78, 5) is 21.6. The van der Waals surface area contributed by atoms with Crippen molar-refractivity contribution in [3.8, 4) is 6.07 Å². The maximum atomic E-state index is 10.7. The van der Waals surface area contributed by atoms with Crippen molar-refractivity contribution in [2.24, 2.45) is 0 Å². The van der Waals surface area contributed by atoms with Gasteiger partial charge >= 0.3 is 0 Å². The lowest BCUT2D eigenvalue weighted by Crippen LogP contribution is -2.28. The van der Waals surface area contributed by atoms with E-state index < -0.39 is 0 Å². The van der Waals surface area contributed by atoms with E-state index in [0.717, 1.165) is 4.90 Å². The van der Waals surface area contributed by atoms with Crippen LogP contribution in [-0.4, -0.2) is 23.8 Å². The lowest BCUT2D eigenvalue weighted by atomic mass is 10.4. The molecule has 4 nitrogen and oxygen atoms in total. The van der Waals surface area contributed by atoms with E-state index in [1.165, 1.54) is 0 Å². The number of hydrogen-bond acceptors (Lipinski definition) is 3. The quantitative estimate of drug-likeness (QED) is 0.406. The number of rotatable bonds is 3. The third-order valence-corrected chi connectivity index (χ3v) is 0.991. The van der Waals surface area contributed by atoms with Gasteiger partial charge in [0, 0.05) is 6.42 Å². The second-order valence-corrected chi connectivity index (χ2v) is 1.64. The van der Waals surface area contributed by atoms with Crippen molar-refractivity contribution in [1.82, 2.24) is 4.90 Å². The predicted molar refractivity (Wildman–Crippen MR) is 33.7 cm³/mol. The molecule has 0 heterocycles. The SMILES string of the molecule is CCC(=O)N(C=O)CC#N. The van der Waals surface area contributed by atoms with E-state index >= 15 is 0 Å². The maximum absolute atomic E-state index is 10.7. The van der Waals surface area contributed by atoms with E-state index in [1.807, 2.05) is 0 Å². The largest absolute Gasteiger partial charge is 0.278 e. The average molecular weight is 140 g/mol. The van der Waals surface area contributed by atoms with Gasteiger partial charge < -0.3 is 0 Å². The Labute approximate surface area is 59.0 Å². The van der Waals surface area contributed by atoms with Gasteiger partial charge in [0.2, 0.25) is 12.3 Å². The third kappa shape index (κ3) is 2.27. The lowest BCUT2D eigenvalue weighted by Gasteiger charge is -2.07. The first kappa shape index (κ1) is 8.63. The molecule has 0 saturated heterocycles. The van der Waals surface area contributed by atoms with E-state index in [1.54, 1.807) is 13.0 Å². The summed E-state index contributed by atoms with van der Waals surface area (Å²) in [5.74, 6) is -0.323. The first-order valence-corrected chi connectivity index (χ1v) is 2.88. The number of nitrogens with zero attached hydrogens (tertiary/aromatic N) is 2. The number of amides is 2. The molecule has 0 atom stereocenters. The number of carbonyl (C=O) groups excluding carboxylic acids is 2. The molecule has 0 fully saturated rings. The van der Waals surface area contributed by atoms with Crippen molar-refractivity contribution in [1.29, 1.82) is 5.26 Å².